The van der Waals surface area contributed by atoms with Gasteiger partial charge < -0.3 is 5.11 Å². The Hall–Kier alpha value is -1.64. The van der Waals surface area contributed by atoms with Gasteiger partial charge in [-0.2, -0.15) is 0 Å². The zero-order valence-electron chi connectivity index (χ0n) is 8.91. The summed E-state index contributed by atoms with van der Waals surface area (Å²) >= 11 is 0. The van der Waals surface area contributed by atoms with Gasteiger partial charge >= 0.3 is 5.97 Å². The van der Waals surface area contributed by atoms with E-state index >= 15 is 0 Å². The Morgan fingerprint density at radius 1 is 1.33 bits per heavy atom. The minimum atomic E-state index is -0.911. The largest absolute Gasteiger partial charge is 0.481 e. The minimum Gasteiger partial charge on any atom is -0.481 e. The van der Waals surface area contributed by atoms with E-state index in [0.717, 1.165) is 5.56 Å². The molecule has 1 rings (SSSR count). The molecule has 0 heterocycles. The van der Waals surface area contributed by atoms with Gasteiger partial charge in [0.15, 0.2) is 5.78 Å². The second-order valence-electron chi connectivity index (χ2n) is 3.46. The Labute approximate surface area is 88.7 Å². The van der Waals surface area contributed by atoms with Crippen molar-refractivity contribution < 1.29 is 14.7 Å². The van der Waals surface area contributed by atoms with E-state index in [4.69, 9.17) is 5.11 Å². The van der Waals surface area contributed by atoms with Crippen molar-refractivity contribution in [3.05, 3.63) is 34.9 Å². The van der Waals surface area contributed by atoms with Gasteiger partial charge in [0.1, 0.15) is 0 Å². The molecule has 0 spiro atoms. The Balaban J connectivity index is 3.20. The van der Waals surface area contributed by atoms with Crippen LogP contribution in [-0.4, -0.2) is 16.9 Å². The molecule has 0 saturated carbocycles. The Kier molecular flexibility index (Phi) is 3.61. The first-order valence-electron chi connectivity index (χ1n) is 4.89. The molecule has 1 N–H and O–H groups in total. The van der Waals surface area contributed by atoms with Crippen LogP contribution in [0.4, 0.5) is 0 Å². The number of carbonyl (C=O) groups is 2. The van der Waals surface area contributed by atoms with E-state index < -0.39 is 5.97 Å². The second kappa shape index (κ2) is 4.73. The number of carboxylic acids is 1. The summed E-state index contributed by atoms with van der Waals surface area (Å²) in [4.78, 5) is 22.3. The Morgan fingerprint density at radius 3 is 2.53 bits per heavy atom. The predicted molar refractivity (Wildman–Crippen MR) is 57.1 cm³/mol. The van der Waals surface area contributed by atoms with Crippen LogP contribution in [0, 0.1) is 6.92 Å². The van der Waals surface area contributed by atoms with Gasteiger partial charge in [-0.05, 0) is 18.1 Å². The molecule has 0 unspecified atom stereocenters. The summed E-state index contributed by atoms with van der Waals surface area (Å²) in [5.41, 5.74) is 2.03. The van der Waals surface area contributed by atoms with E-state index in [1.807, 2.05) is 13.0 Å². The molecule has 0 aliphatic carbocycles. The number of carboxylic acid groups (broad SMARTS) is 1. The molecular formula is C12H14O3. The van der Waals surface area contributed by atoms with Crippen molar-refractivity contribution in [2.75, 3.05) is 0 Å². The number of hydrogen-bond donors (Lipinski definition) is 1. The van der Waals surface area contributed by atoms with Crippen LogP contribution in [0.3, 0.4) is 0 Å². The van der Waals surface area contributed by atoms with Crippen molar-refractivity contribution in [3.8, 4) is 0 Å². The highest BCUT2D eigenvalue weighted by Crippen LogP contribution is 2.17. The summed E-state index contributed by atoms with van der Waals surface area (Å²) in [6, 6.07) is 5.30. The fourth-order valence-corrected chi connectivity index (χ4v) is 1.61. The summed E-state index contributed by atoms with van der Waals surface area (Å²) in [5.74, 6) is -0.907. The van der Waals surface area contributed by atoms with Crippen LogP contribution >= 0.6 is 0 Å². The third kappa shape index (κ3) is 2.65. The van der Waals surface area contributed by atoms with Crippen LogP contribution in [-0.2, 0) is 11.2 Å². The fraction of sp³-hybridized carbons (Fsp3) is 0.333. The maximum atomic E-state index is 11.6. The van der Waals surface area contributed by atoms with E-state index in [1.54, 1.807) is 19.1 Å². The summed E-state index contributed by atoms with van der Waals surface area (Å²) in [7, 11) is 0. The predicted octanol–water partition coefficient (Wildman–Crippen LogP) is 2.21. The van der Waals surface area contributed by atoms with Crippen molar-refractivity contribution in [3.63, 3.8) is 0 Å². The topological polar surface area (TPSA) is 54.4 Å². The van der Waals surface area contributed by atoms with E-state index in [-0.39, 0.29) is 12.2 Å². The minimum absolute atomic E-state index is 0.00403. The highest BCUT2D eigenvalue weighted by atomic mass is 16.4. The highest BCUT2D eigenvalue weighted by Gasteiger charge is 2.14. The van der Waals surface area contributed by atoms with Gasteiger partial charge in [-0.1, -0.05) is 25.1 Å². The van der Waals surface area contributed by atoms with Gasteiger partial charge in [-0.25, -0.2) is 0 Å². The fourth-order valence-electron chi connectivity index (χ4n) is 1.61. The molecule has 1 aromatic rings. The normalized spacial score (nSPS) is 10.0. The molecule has 0 atom stereocenters. The lowest BCUT2D eigenvalue weighted by atomic mass is 9.95. The van der Waals surface area contributed by atoms with E-state index in [1.165, 1.54) is 0 Å². The summed E-state index contributed by atoms with van der Waals surface area (Å²) in [5, 5.41) is 8.73. The summed E-state index contributed by atoms with van der Waals surface area (Å²) < 4.78 is 0. The van der Waals surface area contributed by atoms with Gasteiger partial charge in [0.05, 0.1) is 6.42 Å². The molecule has 0 aromatic heterocycles. The lowest BCUT2D eigenvalue weighted by molar-refractivity contribution is -0.136. The molecule has 3 nitrogen and oxygen atoms in total. The maximum Gasteiger partial charge on any atom is 0.307 e. The van der Waals surface area contributed by atoms with Crippen LogP contribution in [0.5, 0.6) is 0 Å². The van der Waals surface area contributed by atoms with Crippen molar-refractivity contribution in [2.45, 2.75) is 26.7 Å². The number of aliphatic carboxylic acids is 1. The lowest BCUT2D eigenvalue weighted by Gasteiger charge is -2.08. The molecule has 15 heavy (non-hydrogen) atoms. The zero-order valence-corrected chi connectivity index (χ0v) is 8.91. The molecule has 80 valence electrons. The van der Waals surface area contributed by atoms with E-state index in [9.17, 15) is 9.59 Å². The van der Waals surface area contributed by atoms with Gasteiger partial charge in [0.25, 0.3) is 0 Å². The van der Waals surface area contributed by atoms with Crippen molar-refractivity contribution in [1.82, 2.24) is 0 Å². The molecule has 3 heteroatoms. The first-order chi connectivity index (χ1) is 7.06. The van der Waals surface area contributed by atoms with Crippen LogP contribution in [0.1, 0.15) is 34.8 Å². The van der Waals surface area contributed by atoms with Crippen LogP contribution in [0.25, 0.3) is 0 Å². The number of benzene rings is 1. The molecular weight excluding hydrogens is 192 g/mol. The summed E-state index contributed by atoms with van der Waals surface area (Å²) in [6.07, 6.45) is 0.306. The maximum absolute atomic E-state index is 11.6. The quantitative estimate of drug-likeness (QED) is 0.768. The van der Waals surface area contributed by atoms with Crippen molar-refractivity contribution in [2.24, 2.45) is 0 Å². The summed E-state index contributed by atoms with van der Waals surface area (Å²) in [6.45, 7) is 3.60. The molecule has 0 aliphatic rings. The molecule has 0 fully saturated rings. The number of rotatable bonds is 4. The zero-order chi connectivity index (χ0) is 11.4. The van der Waals surface area contributed by atoms with Gasteiger partial charge in [0.2, 0.25) is 0 Å². The number of Topliss-reactive ketones (excluding diaryl/α,β-unsaturated/α-hetero) is 1. The van der Waals surface area contributed by atoms with Crippen LogP contribution in [0.2, 0.25) is 0 Å². The average Bonchev–Trinajstić information content (AvgIpc) is 2.16. The van der Waals surface area contributed by atoms with Crippen LogP contribution < -0.4 is 0 Å². The first-order valence-corrected chi connectivity index (χ1v) is 4.89. The molecule has 1 aromatic carbocycles. The number of carbonyl (C=O) groups excluding carboxylic acids is 1. The van der Waals surface area contributed by atoms with Gasteiger partial charge in [-0.3, -0.25) is 9.59 Å². The third-order valence-electron chi connectivity index (χ3n) is 2.30. The molecule has 0 amide bonds. The second-order valence-corrected chi connectivity index (χ2v) is 3.46. The Bertz CT molecular complexity index is 394. The molecule has 0 saturated heterocycles. The SMILES string of the molecule is CCC(=O)c1c(C)cccc1CC(=O)O. The van der Waals surface area contributed by atoms with Crippen LogP contribution in [0.15, 0.2) is 18.2 Å². The number of hydrogen-bond acceptors (Lipinski definition) is 2. The van der Waals surface area contributed by atoms with Crippen molar-refractivity contribution in [1.29, 1.82) is 0 Å². The highest BCUT2D eigenvalue weighted by molar-refractivity contribution is 5.99. The van der Waals surface area contributed by atoms with E-state index in [2.05, 4.69) is 0 Å². The first kappa shape index (κ1) is 11.4. The Morgan fingerprint density at radius 2 is 2.00 bits per heavy atom. The lowest BCUT2D eigenvalue weighted by Crippen LogP contribution is -2.09. The standard InChI is InChI=1S/C12H14O3/c1-3-10(13)12-8(2)5-4-6-9(12)7-11(14)15/h4-6H,3,7H2,1-2H3,(H,14,15). The number of ketones is 1. The monoisotopic (exact) mass is 206 g/mol. The third-order valence-corrected chi connectivity index (χ3v) is 2.30. The average molecular weight is 206 g/mol. The molecule has 0 bridgehead atoms. The van der Waals surface area contributed by atoms with Gasteiger partial charge in [-0.15, -0.1) is 0 Å². The molecule has 0 radical (unpaired) electrons. The smallest absolute Gasteiger partial charge is 0.307 e. The number of aryl methyl sites for hydroxylation is 1. The van der Waals surface area contributed by atoms with Gasteiger partial charge in [0, 0.05) is 12.0 Å². The van der Waals surface area contributed by atoms with Crippen molar-refractivity contribution >= 4 is 11.8 Å². The molecule has 0 aliphatic heterocycles. The van der Waals surface area contributed by atoms with E-state index in [0.29, 0.717) is 17.5 Å².